The lowest BCUT2D eigenvalue weighted by atomic mass is 10.1. The molecule has 100 valence electrons. The fourth-order valence-electron chi connectivity index (χ4n) is 1.84. The van der Waals surface area contributed by atoms with Crippen LogP contribution in [-0.2, 0) is 11.2 Å². The zero-order valence-electron chi connectivity index (χ0n) is 11.2. The molecular formula is C16H15N3O. The van der Waals surface area contributed by atoms with E-state index >= 15 is 0 Å². The molecule has 0 atom stereocenters. The van der Waals surface area contributed by atoms with E-state index in [4.69, 9.17) is 5.26 Å². The molecule has 0 heterocycles. The molecule has 2 rings (SSSR count). The summed E-state index contributed by atoms with van der Waals surface area (Å²) in [6.45, 7) is 1.48. The minimum atomic E-state index is -0.0944. The standard InChI is InChI=1S/C16H15N3O/c1-12(20)18-15-3-2-4-16(11-15)19-14-7-5-13(6-8-14)9-10-17/h2-8,11,19H,9H2,1H3,(H,18,20). The van der Waals surface area contributed by atoms with Crippen molar-refractivity contribution in [2.75, 3.05) is 10.6 Å². The first-order valence-electron chi connectivity index (χ1n) is 6.28. The van der Waals surface area contributed by atoms with E-state index in [1.807, 2.05) is 48.5 Å². The molecule has 0 saturated heterocycles. The van der Waals surface area contributed by atoms with Gasteiger partial charge in [-0.25, -0.2) is 0 Å². The van der Waals surface area contributed by atoms with Crippen molar-refractivity contribution in [1.82, 2.24) is 0 Å². The predicted octanol–water partition coefficient (Wildman–Crippen LogP) is 3.45. The SMILES string of the molecule is CC(=O)Nc1cccc(Nc2ccc(CC#N)cc2)c1. The second-order valence-corrected chi connectivity index (χ2v) is 4.42. The van der Waals surface area contributed by atoms with Crippen LogP contribution < -0.4 is 10.6 Å². The van der Waals surface area contributed by atoms with Crippen LogP contribution in [0.15, 0.2) is 48.5 Å². The molecule has 0 bridgehead atoms. The van der Waals surface area contributed by atoms with Gasteiger partial charge >= 0.3 is 0 Å². The van der Waals surface area contributed by atoms with E-state index < -0.39 is 0 Å². The lowest BCUT2D eigenvalue weighted by Gasteiger charge is -2.09. The first kappa shape index (κ1) is 13.6. The quantitative estimate of drug-likeness (QED) is 0.889. The van der Waals surface area contributed by atoms with Crippen molar-refractivity contribution < 1.29 is 4.79 Å². The molecule has 0 saturated carbocycles. The Morgan fingerprint density at radius 2 is 1.80 bits per heavy atom. The van der Waals surface area contributed by atoms with Crippen molar-refractivity contribution in [3.05, 3.63) is 54.1 Å². The Morgan fingerprint density at radius 1 is 1.10 bits per heavy atom. The number of amides is 1. The number of nitriles is 1. The third-order valence-electron chi connectivity index (χ3n) is 2.71. The van der Waals surface area contributed by atoms with E-state index in [0.29, 0.717) is 6.42 Å². The summed E-state index contributed by atoms with van der Waals surface area (Å²) in [7, 11) is 0. The van der Waals surface area contributed by atoms with Crippen LogP contribution in [-0.4, -0.2) is 5.91 Å². The molecule has 0 radical (unpaired) electrons. The molecule has 4 nitrogen and oxygen atoms in total. The fraction of sp³-hybridized carbons (Fsp3) is 0.125. The van der Waals surface area contributed by atoms with Gasteiger partial charge < -0.3 is 10.6 Å². The summed E-state index contributed by atoms with van der Waals surface area (Å²) in [4.78, 5) is 11.0. The lowest BCUT2D eigenvalue weighted by molar-refractivity contribution is -0.114. The molecule has 0 spiro atoms. The number of nitrogens with zero attached hydrogens (tertiary/aromatic N) is 1. The average molecular weight is 265 g/mol. The van der Waals surface area contributed by atoms with Gasteiger partial charge in [0, 0.05) is 24.0 Å². The minimum absolute atomic E-state index is 0.0944. The van der Waals surface area contributed by atoms with Gasteiger partial charge in [0.25, 0.3) is 0 Å². The zero-order chi connectivity index (χ0) is 14.4. The maximum atomic E-state index is 11.0. The van der Waals surface area contributed by atoms with Crippen LogP contribution in [0.2, 0.25) is 0 Å². The highest BCUT2D eigenvalue weighted by Gasteiger charge is 1.99. The summed E-state index contributed by atoms with van der Waals surface area (Å²) in [6, 6.07) is 17.3. The summed E-state index contributed by atoms with van der Waals surface area (Å²) in [6.07, 6.45) is 0.415. The number of hydrogen-bond donors (Lipinski definition) is 2. The number of rotatable bonds is 4. The molecule has 2 aromatic carbocycles. The Kier molecular flexibility index (Phi) is 4.35. The maximum Gasteiger partial charge on any atom is 0.221 e. The van der Waals surface area contributed by atoms with Gasteiger partial charge in [-0.15, -0.1) is 0 Å². The molecule has 0 aliphatic heterocycles. The summed E-state index contributed by atoms with van der Waals surface area (Å²) in [5, 5.41) is 14.6. The summed E-state index contributed by atoms with van der Waals surface area (Å²) < 4.78 is 0. The van der Waals surface area contributed by atoms with Gasteiger partial charge in [0.2, 0.25) is 5.91 Å². The van der Waals surface area contributed by atoms with E-state index in [1.54, 1.807) is 0 Å². The van der Waals surface area contributed by atoms with Crippen LogP contribution in [0.4, 0.5) is 17.1 Å². The van der Waals surface area contributed by atoms with Crippen molar-refractivity contribution in [3.8, 4) is 6.07 Å². The van der Waals surface area contributed by atoms with Crippen LogP contribution in [0.1, 0.15) is 12.5 Å². The Morgan fingerprint density at radius 3 is 2.45 bits per heavy atom. The molecule has 0 aliphatic carbocycles. The van der Waals surface area contributed by atoms with Gasteiger partial charge in [-0.2, -0.15) is 5.26 Å². The monoisotopic (exact) mass is 265 g/mol. The molecule has 0 aromatic heterocycles. The number of carbonyl (C=O) groups is 1. The zero-order valence-corrected chi connectivity index (χ0v) is 11.2. The van der Waals surface area contributed by atoms with E-state index in [9.17, 15) is 4.79 Å². The van der Waals surface area contributed by atoms with Crippen LogP contribution >= 0.6 is 0 Å². The molecule has 1 amide bonds. The normalized spacial score (nSPS) is 9.60. The third kappa shape index (κ3) is 3.85. The molecule has 0 aliphatic rings. The van der Waals surface area contributed by atoms with Gasteiger partial charge in [0.1, 0.15) is 0 Å². The van der Waals surface area contributed by atoms with Gasteiger partial charge in [0.05, 0.1) is 12.5 Å². The largest absolute Gasteiger partial charge is 0.355 e. The maximum absolute atomic E-state index is 11.0. The molecule has 20 heavy (non-hydrogen) atoms. The van der Waals surface area contributed by atoms with E-state index in [1.165, 1.54) is 6.92 Å². The van der Waals surface area contributed by atoms with Gasteiger partial charge in [-0.3, -0.25) is 4.79 Å². The first-order valence-corrected chi connectivity index (χ1v) is 6.28. The Balaban J connectivity index is 2.09. The summed E-state index contributed by atoms with van der Waals surface area (Å²) >= 11 is 0. The predicted molar refractivity (Wildman–Crippen MR) is 79.8 cm³/mol. The smallest absolute Gasteiger partial charge is 0.221 e. The third-order valence-corrected chi connectivity index (χ3v) is 2.71. The molecular weight excluding hydrogens is 250 g/mol. The highest BCUT2D eigenvalue weighted by molar-refractivity contribution is 5.89. The van der Waals surface area contributed by atoms with Crippen molar-refractivity contribution in [1.29, 1.82) is 5.26 Å². The van der Waals surface area contributed by atoms with Crippen LogP contribution in [0.5, 0.6) is 0 Å². The Bertz CT molecular complexity index is 642. The lowest BCUT2D eigenvalue weighted by Crippen LogP contribution is -2.05. The van der Waals surface area contributed by atoms with Gasteiger partial charge in [0.15, 0.2) is 0 Å². The van der Waals surface area contributed by atoms with E-state index in [-0.39, 0.29) is 5.91 Å². The van der Waals surface area contributed by atoms with Crippen LogP contribution in [0.25, 0.3) is 0 Å². The number of nitrogens with one attached hydrogen (secondary N) is 2. The first-order chi connectivity index (χ1) is 9.67. The van der Waals surface area contributed by atoms with Crippen molar-refractivity contribution in [2.24, 2.45) is 0 Å². The molecule has 0 unspecified atom stereocenters. The van der Waals surface area contributed by atoms with E-state index in [0.717, 1.165) is 22.6 Å². The van der Waals surface area contributed by atoms with Crippen molar-refractivity contribution in [2.45, 2.75) is 13.3 Å². The van der Waals surface area contributed by atoms with Gasteiger partial charge in [-0.1, -0.05) is 18.2 Å². The highest BCUT2D eigenvalue weighted by Crippen LogP contribution is 2.20. The number of carbonyl (C=O) groups excluding carboxylic acids is 1. The van der Waals surface area contributed by atoms with E-state index in [2.05, 4.69) is 16.7 Å². The van der Waals surface area contributed by atoms with Crippen LogP contribution in [0.3, 0.4) is 0 Å². The molecule has 2 N–H and O–H groups in total. The average Bonchev–Trinajstić information content (AvgIpc) is 2.41. The minimum Gasteiger partial charge on any atom is -0.355 e. The molecule has 4 heteroatoms. The summed E-state index contributed by atoms with van der Waals surface area (Å²) in [5.41, 5.74) is 3.57. The second-order valence-electron chi connectivity index (χ2n) is 4.42. The van der Waals surface area contributed by atoms with Gasteiger partial charge in [-0.05, 0) is 35.9 Å². The topological polar surface area (TPSA) is 64.9 Å². The fourth-order valence-corrected chi connectivity index (χ4v) is 1.84. The number of anilines is 3. The summed E-state index contributed by atoms with van der Waals surface area (Å²) in [5.74, 6) is -0.0944. The second kappa shape index (κ2) is 6.39. The van der Waals surface area contributed by atoms with Crippen LogP contribution in [0, 0.1) is 11.3 Å². The van der Waals surface area contributed by atoms with Crippen molar-refractivity contribution >= 4 is 23.0 Å². The molecule has 2 aromatic rings. The molecule has 0 fully saturated rings. The number of hydrogen-bond acceptors (Lipinski definition) is 3. The number of benzene rings is 2. The highest BCUT2D eigenvalue weighted by atomic mass is 16.1. The Labute approximate surface area is 118 Å². The Hall–Kier alpha value is -2.80. The van der Waals surface area contributed by atoms with Crippen molar-refractivity contribution in [3.63, 3.8) is 0 Å².